The molecule has 0 saturated carbocycles. The van der Waals surface area contributed by atoms with Crippen LogP contribution in [-0.4, -0.2) is 30.6 Å². The number of nitrogens with zero attached hydrogens (tertiary/aromatic N) is 2. The lowest BCUT2D eigenvalue weighted by atomic mass is 10.1. The van der Waals surface area contributed by atoms with Crippen molar-refractivity contribution >= 4 is 11.4 Å². The highest BCUT2D eigenvalue weighted by Crippen LogP contribution is 2.33. The van der Waals surface area contributed by atoms with Gasteiger partial charge in [-0.3, -0.25) is 0 Å². The van der Waals surface area contributed by atoms with Crippen LogP contribution in [0.5, 0.6) is 0 Å². The average molecular weight is 324 g/mol. The van der Waals surface area contributed by atoms with Gasteiger partial charge in [0.2, 0.25) is 0 Å². The van der Waals surface area contributed by atoms with Crippen LogP contribution in [0.25, 0.3) is 11.3 Å². The van der Waals surface area contributed by atoms with Gasteiger partial charge in [0.25, 0.3) is 0 Å². The molecule has 1 aromatic carbocycles. The molecule has 1 aliphatic rings. The number of nitrogens with one attached hydrogen (secondary N) is 4. The van der Waals surface area contributed by atoms with Crippen LogP contribution in [0.15, 0.2) is 18.2 Å². The Bertz CT molecular complexity index is 742. The zero-order valence-corrected chi connectivity index (χ0v) is 14.2. The van der Waals surface area contributed by atoms with Crippen molar-refractivity contribution in [2.24, 2.45) is 0 Å². The number of fused-ring (bicyclic) bond motifs is 4. The van der Waals surface area contributed by atoms with Gasteiger partial charge < -0.3 is 20.9 Å². The number of nitriles is 1. The van der Waals surface area contributed by atoms with E-state index in [0.29, 0.717) is 5.69 Å². The van der Waals surface area contributed by atoms with Crippen molar-refractivity contribution in [3.8, 4) is 17.3 Å². The normalized spacial score (nSPS) is 17.6. The third kappa shape index (κ3) is 3.22. The van der Waals surface area contributed by atoms with Gasteiger partial charge >= 0.3 is 0 Å². The second-order valence-corrected chi connectivity index (χ2v) is 6.09. The van der Waals surface area contributed by atoms with Crippen molar-refractivity contribution in [1.29, 1.82) is 5.26 Å². The highest BCUT2D eigenvalue weighted by molar-refractivity contribution is 5.81. The third-order valence-electron chi connectivity index (χ3n) is 4.56. The maximum atomic E-state index is 9.54. The molecule has 1 atom stereocenters. The molecule has 2 bridgehead atoms. The van der Waals surface area contributed by atoms with Gasteiger partial charge in [-0.1, -0.05) is 12.8 Å². The third-order valence-corrected chi connectivity index (χ3v) is 4.56. The summed E-state index contributed by atoms with van der Waals surface area (Å²) in [6.45, 7) is 0.920. The molecule has 24 heavy (non-hydrogen) atoms. The van der Waals surface area contributed by atoms with E-state index in [0.717, 1.165) is 54.3 Å². The molecule has 4 N–H and O–H groups in total. The van der Waals surface area contributed by atoms with Crippen LogP contribution >= 0.6 is 0 Å². The fraction of sp³-hybridized carbons (Fsp3) is 0.444. The SMILES string of the molecule is CNc1ccc2c(c1)NCCCCC[C@H](NC)c1nc-2c(C#N)[nH]1. The van der Waals surface area contributed by atoms with Crippen molar-refractivity contribution in [3.63, 3.8) is 0 Å². The van der Waals surface area contributed by atoms with E-state index >= 15 is 0 Å². The van der Waals surface area contributed by atoms with Crippen molar-refractivity contribution in [2.75, 3.05) is 31.3 Å². The van der Waals surface area contributed by atoms with E-state index in [-0.39, 0.29) is 6.04 Å². The molecule has 0 amide bonds. The molecule has 126 valence electrons. The van der Waals surface area contributed by atoms with Crippen LogP contribution in [0.3, 0.4) is 0 Å². The maximum Gasteiger partial charge on any atom is 0.145 e. The van der Waals surface area contributed by atoms with E-state index in [9.17, 15) is 5.26 Å². The Morgan fingerprint density at radius 2 is 2.12 bits per heavy atom. The fourth-order valence-electron chi connectivity index (χ4n) is 3.18. The maximum absolute atomic E-state index is 9.54. The van der Waals surface area contributed by atoms with Crippen LogP contribution in [0.2, 0.25) is 0 Å². The fourth-order valence-corrected chi connectivity index (χ4v) is 3.18. The predicted molar refractivity (Wildman–Crippen MR) is 97.0 cm³/mol. The Morgan fingerprint density at radius 1 is 1.25 bits per heavy atom. The van der Waals surface area contributed by atoms with E-state index in [4.69, 9.17) is 4.98 Å². The molecule has 2 heterocycles. The van der Waals surface area contributed by atoms with Crippen molar-refractivity contribution in [1.82, 2.24) is 15.3 Å². The summed E-state index contributed by atoms with van der Waals surface area (Å²) in [6.07, 6.45) is 4.45. The molecule has 0 aliphatic carbocycles. The monoisotopic (exact) mass is 324 g/mol. The number of hydrogen-bond acceptors (Lipinski definition) is 5. The highest BCUT2D eigenvalue weighted by atomic mass is 15.0. The van der Waals surface area contributed by atoms with Crippen LogP contribution in [-0.2, 0) is 0 Å². The van der Waals surface area contributed by atoms with E-state index in [2.05, 4.69) is 33.1 Å². The molecule has 1 aromatic heterocycles. The van der Waals surface area contributed by atoms with Gasteiger partial charge in [-0.15, -0.1) is 0 Å². The molecule has 0 unspecified atom stereocenters. The van der Waals surface area contributed by atoms with Gasteiger partial charge in [0.05, 0.1) is 6.04 Å². The zero-order valence-electron chi connectivity index (χ0n) is 14.2. The van der Waals surface area contributed by atoms with E-state index < -0.39 is 0 Å². The lowest BCUT2D eigenvalue weighted by molar-refractivity contribution is 0.491. The topological polar surface area (TPSA) is 88.6 Å². The molecule has 2 aromatic rings. The molecule has 0 fully saturated rings. The minimum Gasteiger partial charge on any atom is -0.388 e. The molecular weight excluding hydrogens is 300 g/mol. The lowest BCUT2D eigenvalue weighted by Gasteiger charge is -2.16. The van der Waals surface area contributed by atoms with Crippen molar-refractivity contribution in [2.45, 2.75) is 31.7 Å². The minimum atomic E-state index is 0.151. The largest absolute Gasteiger partial charge is 0.388 e. The Kier molecular flexibility index (Phi) is 5.02. The summed E-state index contributed by atoms with van der Waals surface area (Å²) in [4.78, 5) is 7.97. The number of rotatable bonds is 2. The first-order chi connectivity index (χ1) is 11.8. The lowest BCUT2D eigenvalue weighted by Crippen LogP contribution is -2.18. The number of benzene rings is 1. The molecule has 1 aliphatic heterocycles. The summed E-state index contributed by atoms with van der Waals surface area (Å²) < 4.78 is 0. The van der Waals surface area contributed by atoms with E-state index in [1.807, 2.05) is 26.2 Å². The first-order valence-corrected chi connectivity index (χ1v) is 8.50. The van der Waals surface area contributed by atoms with Crippen LogP contribution in [0.4, 0.5) is 11.4 Å². The number of aromatic amines is 1. The second kappa shape index (κ2) is 7.37. The van der Waals surface area contributed by atoms with E-state index in [1.54, 1.807) is 0 Å². The van der Waals surface area contributed by atoms with Gasteiger partial charge in [0.1, 0.15) is 23.3 Å². The second-order valence-electron chi connectivity index (χ2n) is 6.09. The molecule has 3 rings (SSSR count). The van der Waals surface area contributed by atoms with Crippen molar-refractivity contribution in [3.05, 3.63) is 29.7 Å². The first-order valence-electron chi connectivity index (χ1n) is 8.50. The Labute approximate surface area is 142 Å². The van der Waals surface area contributed by atoms with Crippen LogP contribution in [0, 0.1) is 11.3 Å². The summed E-state index contributed by atoms with van der Waals surface area (Å²) in [7, 11) is 3.85. The summed E-state index contributed by atoms with van der Waals surface area (Å²) in [6, 6.07) is 8.52. The molecule has 6 heteroatoms. The van der Waals surface area contributed by atoms with Gasteiger partial charge in [-0.25, -0.2) is 4.98 Å². The summed E-state index contributed by atoms with van der Waals surface area (Å²) in [5, 5.41) is 19.5. The van der Waals surface area contributed by atoms with Crippen LogP contribution in [0.1, 0.15) is 43.2 Å². The summed E-state index contributed by atoms with van der Waals surface area (Å²) in [5.74, 6) is 0.841. The number of aromatic nitrogens is 2. The molecule has 6 nitrogen and oxygen atoms in total. The summed E-state index contributed by atoms with van der Waals surface area (Å²) in [5.41, 5.74) is 4.25. The minimum absolute atomic E-state index is 0.151. The average Bonchev–Trinajstić information content (AvgIpc) is 3.04. The quantitative estimate of drug-likeness (QED) is 0.681. The smallest absolute Gasteiger partial charge is 0.145 e. The molecule has 0 radical (unpaired) electrons. The Morgan fingerprint density at radius 3 is 2.88 bits per heavy atom. The predicted octanol–water partition coefficient (Wildman–Crippen LogP) is 3.24. The number of anilines is 2. The number of H-pyrrole nitrogens is 1. The van der Waals surface area contributed by atoms with Crippen LogP contribution < -0.4 is 16.0 Å². The molecular formula is C18H24N6. The Hall–Kier alpha value is -2.52. The van der Waals surface area contributed by atoms with Crippen molar-refractivity contribution < 1.29 is 0 Å². The van der Waals surface area contributed by atoms with Gasteiger partial charge in [-0.05, 0) is 38.1 Å². The van der Waals surface area contributed by atoms with E-state index in [1.165, 1.54) is 6.42 Å². The van der Waals surface area contributed by atoms with Gasteiger partial charge in [-0.2, -0.15) is 5.26 Å². The number of imidazole rings is 1. The van der Waals surface area contributed by atoms with Gasteiger partial charge in [0.15, 0.2) is 0 Å². The summed E-state index contributed by atoms with van der Waals surface area (Å²) >= 11 is 0. The standard InChI is InChI=1S/C18H24N6/c1-20-12-7-8-13-15(10-12)22-9-5-3-4-6-14(21-2)18-23-16(11-19)17(13)24-18/h7-8,10,14,20-22H,3-6,9H2,1-2H3,(H,23,24)/t14-/m0/s1. The first kappa shape index (κ1) is 16.3. The molecule has 0 spiro atoms. The number of hydrogen-bond donors (Lipinski definition) is 4. The molecule has 0 saturated heterocycles. The zero-order chi connectivity index (χ0) is 16.9. The van der Waals surface area contributed by atoms with Gasteiger partial charge in [0, 0.05) is 30.5 Å². The highest BCUT2D eigenvalue weighted by Gasteiger charge is 2.20. The Balaban J connectivity index is 2.12.